The van der Waals surface area contributed by atoms with Crippen molar-refractivity contribution < 1.29 is 19.1 Å². The number of hydrogen-bond acceptors (Lipinski definition) is 4. The molecular weight excluding hydrogens is 320 g/mol. The maximum atomic E-state index is 12.2. The van der Waals surface area contributed by atoms with Gasteiger partial charge >= 0.3 is 5.97 Å². The second-order valence-corrected chi connectivity index (χ2v) is 6.07. The third-order valence-electron chi connectivity index (χ3n) is 4.16. The first-order valence-corrected chi connectivity index (χ1v) is 7.84. The first-order valence-electron chi connectivity index (χ1n) is 7.84. The number of carboxylic acids is 1. The Bertz CT molecular complexity index is 887. The van der Waals surface area contributed by atoms with Gasteiger partial charge in [0.05, 0.1) is 5.56 Å². The van der Waals surface area contributed by atoms with Gasteiger partial charge in [-0.2, -0.15) is 5.26 Å². The van der Waals surface area contributed by atoms with Crippen molar-refractivity contribution in [1.82, 2.24) is 0 Å². The van der Waals surface area contributed by atoms with Gasteiger partial charge in [-0.25, -0.2) is 4.79 Å². The Morgan fingerprint density at radius 1 is 1.28 bits per heavy atom. The Labute approximate surface area is 144 Å². The molecule has 1 amide bonds. The number of carbonyl (C=O) groups excluding carboxylic acids is 1. The lowest BCUT2D eigenvalue weighted by Gasteiger charge is -2.04. The zero-order valence-electron chi connectivity index (χ0n) is 13.5. The average molecular weight is 336 g/mol. The largest absolute Gasteiger partial charge is 0.478 e. The van der Waals surface area contributed by atoms with Crippen LogP contribution in [-0.2, 0) is 4.79 Å². The molecule has 0 bridgehead atoms. The lowest BCUT2D eigenvalue weighted by Crippen LogP contribution is -2.13. The second-order valence-electron chi connectivity index (χ2n) is 6.07. The Hall–Kier alpha value is -3.33. The normalized spacial score (nSPS) is 19.1. The molecule has 1 aliphatic rings. The minimum Gasteiger partial charge on any atom is -0.478 e. The molecule has 0 spiro atoms. The number of carbonyl (C=O) groups is 2. The molecule has 1 aromatic carbocycles. The summed E-state index contributed by atoms with van der Waals surface area (Å²) in [6.45, 7) is 2.15. The zero-order valence-corrected chi connectivity index (χ0v) is 13.5. The lowest BCUT2D eigenvalue weighted by atomic mass is 10.2. The zero-order chi connectivity index (χ0) is 18.0. The molecule has 2 atom stereocenters. The minimum absolute atomic E-state index is 0.0907. The quantitative estimate of drug-likeness (QED) is 0.641. The Balaban J connectivity index is 1.71. The summed E-state index contributed by atoms with van der Waals surface area (Å²) in [5, 5.41) is 20.6. The van der Waals surface area contributed by atoms with Crippen LogP contribution < -0.4 is 5.32 Å². The third-order valence-corrected chi connectivity index (χ3v) is 4.16. The van der Waals surface area contributed by atoms with Crippen molar-refractivity contribution in [3.05, 3.63) is 59.1 Å². The highest BCUT2D eigenvalue weighted by Gasteiger charge is 2.36. The van der Waals surface area contributed by atoms with Gasteiger partial charge in [-0.3, -0.25) is 4.79 Å². The number of amides is 1. The monoisotopic (exact) mass is 336 g/mol. The Morgan fingerprint density at radius 2 is 1.96 bits per heavy atom. The van der Waals surface area contributed by atoms with Crippen LogP contribution in [0.3, 0.4) is 0 Å². The summed E-state index contributed by atoms with van der Waals surface area (Å²) in [4.78, 5) is 23.0. The maximum Gasteiger partial charge on any atom is 0.335 e. The van der Waals surface area contributed by atoms with Crippen LogP contribution in [0, 0.1) is 17.2 Å². The van der Waals surface area contributed by atoms with Crippen molar-refractivity contribution in [1.29, 1.82) is 5.26 Å². The molecule has 6 nitrogen and oxygen atoms in total. The van der Waals surface area contributed by atoms with Crippen LogP contribution in [0.5, 0.6) is 0 Å². The molecule has 1 saturated carbocycles. The summed E-state index contributed by atoms with van der Waals surface area (Å²) < 4.78 is 5.68. The Morgan fingerprint density at radius 3 is 2.52 bits per heavy atom. The van der Waals surface area contributed by atoms with E-state index in [9.17, 15) is 14.9 Å². The highest BCUT2D eigenvalue weighted by molar-refractivity contribution is 6.09. The van der Waals surface area contributed by atoms with E-state index in [4.69, 9.17) is 9.52 Å². The number of nitrogens with zero attached hydrogens (tertiary/aromatic N) is 1. The van der Waals surface area contributed by atoms with Gasteiger partial charge < -0.3 is 14.8 Å². The van der Waals surface area contributed by atoms with Crippen molar-refractivity contribution >= 4 is 23.6 Å². The highest BCUT2D eigenvalue weighted by Crippen LogP contribution is 2.47. The fourth-order valence-electron chi connectivity index (χ4n) is 2.55. The van der Waals surface area contributed by atoms with Gasteiger partial charge in [-0.15, -0.1) is 0 Å². The van der Waals surface area contributed by atoms with Crippen LogP contribution >= 0.6 is 0 Å². The first-order chi connectivity index (χ1) is 12.0. The van der Waals surface area contributed by atoms with Crippen LogP contribution in [0.2, 0.25) is 0 Å². The van der Waals surface area contributed by atoms with E-state index in [0.29, 0.717) is 23.3 Å². The highest BCUT2D eigenvalue weighted by atomic mass is 16.4. The molecule has 0 unspecified atom stereocenters. The maximum absolute atomic E-state index is 12.2. The fraction of sp³-hybridized carbons (Fsp3) is 0.211. The van der Waals surface area contributed by atoms with E-state index >= 15 is 0 Å². The van der Waals surface area contributed by atoms with E-state index in [1.54, 1.807) is 6.07 Å². The minimum atomic E-state index is -1.05. The molecule has 1 aliphatic carbocycles. The summed E-state index contributed by atoms with van der Waals surface area (Å²) in [6.07, 6.45) is 2.49. The summed E-state index contributed by atoms with van der Waals surface area (Å²) in [5.41, 5.74) is 0.432. The Kier molecular flexibility index (Phi) is 4.40. The molecule has 2 N–H and O–H groups in total. The number of aromatic carboxylic acids is 1. The first kappa shape index (κ1) is 16.5. The van der Waals surface area contributed by atoms with Gasteiger partial charge in [-0.05, 0) is 48.7 Å². The number of hydrogen-bond donors (Lipinski definition) is 2. The predicted octanol–water partition coefficient (Wildman–Crippen LogP) is 3.65. The molecule has 0 radical (unpaired) electrons. The van der Waals surface area contributed by atoms with E-state index in [2.05, 4.69) is 12.2 Å². The van der Waals surface area contributed by atoms with Crippen molar-refractivity contribution in [2.24, 2.45) is 5.92 Å². The van der Waals surface area contributed by atoms with Gasteiger partial charge in [0.15, 0.2) is 0 Å². The van der Waals surface area contributed by atoms with E-state index in [1.807, 2.05) is 12.1 Å². The van der Waals surface area contributed by atoms with E-state index in [1.165, 1.54) is 30.3 Å². The van der Waals surface area contributed by atoms with Crippen molar-refractivity contribution in [2.45, 2.75) is 19.3 Å². The van der Waals surface area contributed by atoms with E-state index < -0.39 is 11.9 Å². The van der Waals surface area contributed by atoms with Crippen molar-refractivity contribution in [3.63, 3.8) is 0 Å². The topological polar surface area (TPSA) is 103 Å². The lowest BCUT2D eigenvalue weighted by molar-refractivity contribution is -0.112. The summed E-state index contributed by atoms with van der Waals surface area (Å²) >= 11 is 0. The molecule has 25 heavy (non-hydrogen) atoms. The van der Waals surface area contributed by atoms with Gasteiger partial charge in [0.25, 0.3) is 5.91 Å². The number of anilines is 1. The molecule has 1 heterocycles. The number of nitrogens with one attached hydrogen (secondary N) is 1. The molecule has 2 aromatic rings. The van der Waals surface area contributed by atoms with Gasteiger partial charge in [0.1, 0.15) is 23.2 Å². The average Bonchev–Trinajstić information content (AvgIpc) is 3.14. The second kappa shape index (κ2) is 6.65. The molecule has 6 heteroatoms. The summed E-state index contributed by atoms with van der Waals surface area (Å²) in [6, 6.07) is 11.2. The molecular formula is C19H16N2O4. The summed E-state index contributed by atoms with van der Waals surface area (Å²) in [5.74, 6) is 0.741. The molecule has 126 valence electrons. The van der Waals surface area contributed by atoms with Gasteiger partial charge in [0.2, 0.25) is 0 Å². The van der Waals surface area contributed by atoms with Crippen LogP contribution in [0.1, 0.15) is 41.1 Å². The van der Waals surface area contributed by atoms with Gasteiger partial charge in [-0.1, -0.05) is 6.92 Å². The number of benzene rings is 1. The molecule has 1 fully saturated rings. The molecule has 1 aromatic heterocycles. The van der Waals surface area contributed by atoms with E-state index in [-0.39, 0.29) is 11.1 Å². The number of rotatable bonds is 5. The summed E-state index contributed by atoms with van der Waals surface area (Å²) in [7, 11) is 0. The van der Waals surface area contributed by atoms with Crippen LogP contribution in [0.25, 0.3) is 6.08 Å². The van der Waals surface area contributed by atoms with E-state index in [0.717, 1.165) is 12.2 Å². The molecule has 0 aliphatic heterocycles. The van der Waals surface area contributed by atoms with Gasteiger partial charge in [0, 0.05) is 17.7 Å². The number of carboxylic acid groups (broad SMARTS) is 1. The fourth-order valence-corrected chi connectivity index (χ4v) is 2.55. The molecule has 3 rings (SSSR count). The standard InChI is InChI=1S/C19H16N2O4/c1-11-8-16(11)17-7-6-15(25-17)9-13(10-20)18(22)21-14-4-2-12(3-5-14)19(23)24/h2-7,9,11,16H,8H2,1H3,(H,21,22)(H,23,24)/b13-9+/t11-,16-/m0/s1. The van der Waals surface area contributed by atoms with Crippen molar-refractivity contribution in [2.75, 3.05) is 5.32 Å². The van der Waals surface area contributed by atoms with Crippen LogP contribution in [0.15, 0.2) is 46.4 Å². The van der Waals surface area contributed by atoms with Crippen LogP contribution in [0.4, 0.5) is 5.69 Å². The van der Waals surface area contributed by atoms with Crippen molar-refractivity contribution in [3.8, 4) is 6.07 Å². The number of nitriles is 1. The SMILES string of the molecule is C[C@H]1C[C@@H]1c1ccc(/C=C(\C#N)C(=O)Nc2ccc(C(=O)O)cc2)o1. The predicted molar refractivity (Wildman–Crippen MR) is 90.9 cm³/mol. The molecule has 0 saturated heterocycles. The number of furan rings is 1. The third kappa shape index (κ3) is 3.78. The van der Waals surface area contributed by atoms with Crippen LogP contribution in [-0.4, -0.2) is 17.0 Å². The smallest absolute Gasteiger partial charge is 0.335 e.